The fourth-order valence-electron chi connectivity index (χ4n) is 0.972. The second-order valence-electron chi connectivity index (χ2n) is 2.52. The Morgan fingerprint density at radius 3 is 1.79 bits per heavy atom. The van der Waals surface area contributed by atoms with E-state index in [2.05, 4.69) is 0 Å². The summed E-state index contributed by atoms with van der Waals surface area (Å²) < 4.78 is 12.7. The standard InChI is InChI=1S/C8H6FNO4/c9-3-1-4(7(11)12)6(10)5(2-3)8(13)14/h1-2H,10H2,(H,11,12)(H,13,14). The first-order valence-electron chi connectivity index (χ1n) is 3.49. The third-order valence-electron chi connectivity index (χ3n) is 1.61. The number of carbonyl (C=O) groups is 2. The van der Waals surface area contributed by atoms with Gasteiger partial charge in [-0.2, -0.15) is 0 Å². The van der Waals surface area contributed by atoms with Crippen LogP contribution < -0.4 is 5.73 Å². The van der Waals surface area contributed by atoms with E-state index in [1.807, 2.05) is 0 Å². The number of aromatic carboxylic acids is 2. The molecule has 14 heavy (non-hydrogen) atoms. The molecular weight excluding hydrogens is 193 g/mol. The molecule has 0 aromatic heterocycles. The minimum absolute atomic E-state index is 0.452. The number of carboxylic acid groups (broad SMARTS) is 2. The van der Waals surface area contributed by atoms with Crippen LogP contribution in [0, 0.1) is 5.82 Å². The predicted octanol–water partition coefficient (Wildman–Crippen LogP) is 0.804. The number of carboxylic acids is 2. The van der Waals surface area contributed by atoms with E-state index in [1.165, 1.54) is 0 Å². The van der Waals surface area contributed by atoms with Gasteiger partial charge in [0.1, 0.15) is 5.82 Å². The summed E-state index contributed by atoms with van der Waals surface area (Å²) in [6, 6.07) is 1.34. The fraction of sp³-hybridized carbons (Fsp3) is 0. The lowest BCUT2D eigenvalue weighted by atomic mass is 10.1. The summed E-state index contributed by atoms with van der Waals surface area (Å²) in [7, 11) is 0. The highest BCUT2D eigenvalue weighted by atomic mass is 19.1. The van der Waals surface area contributed by atoms with Crippen LogP contribution in [0.2, 0.25) is 0 Å². The van der Waals surface area contributed by atoms with Gasteiger partial charge in [-0.1, -0.05) is 0 Å². The predicted molar refractivity (Wildman–Crippen MR) is 44.7 cm³/mol. The van der Waals surface area contributed by atoms with E-state index in [0.717, 1.165) is 0 Å². The minimum Gasteiger partial charge on any atom is -0.478 e. The summed E-state index contributed by atoms with van der Waals surface area (Å²) >= 11 is 0. The van der Waals surface area contributed by atoms with Crippen LogP contribution in [0.5, 0.6) is 0 Å². The molecule has 0 aliphatic carbocycles. The first-order valence-corrected chi connectivity index (χ1v) is 3.49. The van der Waals surface area contributed by atoms with Gasteiger partial charge in [-0.25, -0.2) is 14.0 Å². The molecular formula is C8H6FNO4. The van der Waals surface area contributed by atoms with Gasteiger partial charge in [0.15, 0.2) is 0 Å². The topological polar surface area (TPSA) is 101 Å². The smallest absolute Gasteiger partial charge is 0.337 e. The van der Waals surface area contributed by atoms with E-state index >= 15 is 0 Å². The van der Waals surface area contributed by atoms with Gasteiger partial charge in [0, 0.05) is 0 Å². The molecule has 1 aromatic rings. The van der Waals surface area contributed by atoms with Crippen molar-refractivity contribution in [2.24, 2.45) is 0 Å². The van der Waals surface area contributed by atoms with Gasteiger partial charge in [-0.15, -0.1) is 0 Å². The zero-order chi connectivity index (χ0) is 10.9. The van der Waals surface area contributed by atoms with Crippen LogP contribution in [0.4, 0.5) is 10.1 Å². The molecule has 6 heteroatoms. The third-order valence-corrected chi connectivity index (χ3v) is 1.61. The SMILES string of the molecule is Nc1c(C(=O)O)cc(F)cc1C(=O)O. The Morgan fingerprint density at radius 1 is 1.14 bits per heavy atom. The molecule has 1 aromatic carbocycles. The Bertz CT molecular complexity index is 381. The summed E-state index contributed by atoms with van der Waals surface area (Å²) in [4.78, 5) is 21.0. The molecule has 5 nitrogen and oxygen atoms in total. The Labute approximate surface area is 77.6 Å². The van der Waals surface area contributed by atoms with Gasteiger partial charge in [0.2, 0.25) is 0 Å². The molecule has 0 saturated carbocycles. The summed E-state index contributed by atoms with van der Waals surface area (Å²) in [6.45, 7) is 0. The van der Waals surface area contributed by atoms with Gasteiger partial charge in [0.05, 0.1) is 16.8 Å². The van der Waals surface area contributed by atoms with Crippen molar-refractivity contribution in [1.82, 2.24) is 0 Å². The van der Waals surface area contributed by atoms with E-state index in [0.29, 0.717) is 12.1 Å². The molecule has 0 unspecified atom stereocenters. The monoisotopic (exact) mass is 199 g/mol. The zero-order valence-electron chi connectivity index (χ0n) is 6.82. The number of benzene rings is 1. The van der Waals surface area contributed by atoms with Crippen LogP contribution in [0.3, 0.4) is 0 Å². The highest BCUT2D eigenvalue weighted by Gasteiger charge is 2.17. The molecule has 0 saturated heterocycles. The molecule has 0 heterocycles. The van der Waals surface area contributed by atoms with Gasteiger partial charge in [-0.05, 0) is 12.1 Å². The number of anilines is 1. The van der Waals surface area contributed by atoms with E-state index in [-0.39, 0.29) is 0 Å². The largest absolute Gasteiger partial charge is 0.478 e. The van der Waals surface area contributed by atoms with E-state index in [9.17, 15) is 14.0 Å². The average Bonchev–Trinajstić information content (AvgIpc) is 2.07. The average molecular weight is 199 g/mol. The van der Waals surface area contributed by atoms with Gasteiger partial charge >= 0.3 is 11.9 Å². The molecule has 4 N–H and O–H groups in total. The molecule has 0 atom stereocenters. The first kappa shape index (κ1) is 9.97. The van der Waals surface area contributed by atoms with Crippen LogP contribution in [-0.2, 0) is 0 Å². The molecule has 0 amide bonds. The maximum atomic E-state index is 12.7. The number of hydrogen-bond acceptors (Lipinski definition) is 3. The van der Waals surface area contributed by atoms with Gasteiger partial charge in [0.25, 0.3) is 0 Å². The van der Waals surface area contributed by atoms with Crippen LogP contribution in [0.1, 0.15) is 20.7 Å². The van der Waals surface area contributed by atoms with E-state index < -0.39 is 34.6 Å². The van der Waals surface area contributed by atoms with Crippen molar-refractivity contribution in [3.8, 4) is 0 Å². The lowest BCUT2D eigenvalue weighted by Crippen LogP contribution is -2.10. The minimum atomic E-state index is -1.47. The third kappa shape index (κ3) is 1.63. The molecule has 0 aliphatic rings. The quantitative estimate of drug-likeness (QED) is 0.611. The lowest BCUT2D eigenvalue weighted by Gasteiger charge is -2.04. The van der Waals surface area contributed by atoms with Crippen LogP contribution >= 0.6 is 0 Å². The van der Waals surface area contributed by atoms with Gasteiger partial charge in [-0.3, -0.25) is 0 Å². The Hall–Kier alpha value is -2.11. The number of hydrogen-bond donors (Lipinski definition) is 3. The first-order chi connectivity index (χ1) is 6.43. The summed E-state index contributed by atoms with van der Waals surface area (Å²) in [5, 5.41) is 17.1. The number of halogens is 1. The number of nitrogen functional groups attached to an aromatic ring is 1. The van der Waals surface area contributed by atoms with Crippen molar-refractivity contribution in [2.45, 2.75) is 0 Å². The molecule has 0 bridgehead atoms. The van der Waals surface area contributed by atoms with Crippen molar-refractivity contribution in [3.05, 3.63) is 29.1 Å². The highest BCUT2D eigenvalue weighted by Crippen LogP contribution is 2.19. The molecule has 74 valence electrons. The van der Waals surface area contributed by atoms with Crippen molar-refractivity contribution in [1.29, 1.82) is 0 Å². The molecule has 0 aliphatic heterocycles. The maximum Gasteiger partial charge on any atom is 0.337 e. The summed E-state index contributed by atoms with van der Waals surface area (Å²) in [5.74, 6) is -3.89. The lowest BCUT2D eigenvalue weighted by molar-refractivity contribution is 0.0696. The van der Waals surface area contributed by atoms with Gasteiger partial charge < -0.3 is 15.9 Å². The summed E-state index contributed by atoms with van der Waals surface area (Å²) in [5.41, 5.74) is 3.67. The van der Waals surface area contributed by atoms with Crippen molar-refractivity contribution in [2.75, 3.05) is 5.73 Å². The zero-order valence-corrected chi connectivity index (χ0v) is 6.82. The number of rotatable bonds is 2. The molecule has 0 radical (unpaired) electrons. The Kier molecular flexibility index (Phi) is 2.37. The van der Waals surface area contributed by atoms with Crippen LogP contribution in [-0.4, -0.2) is 22.2 Å². The molecule has 0 fully saturated rings. The van der Waals surface area contributed by atoms with Crippen molar-refractivity contribution >= 4 is 17.6 Å². The molecule has 1 rings (SSSR count). The second-order valence-corrected chi connectivity index (χ2v) is 2.52. The Balaban J connectivity index is 3.47. The Morgan fingerprint density at radius 2 is 1.50 bits per heavy atom. The maximum absolute atomic E-state index is 12.7. The normalized spacial score (nSPS) is 9.79. The second kappa shape index (κ2) is 3.33. The van der Waals surface area contributed by atoms with E-state index in [4.69, 9.17) is 15.9 Å². The summed E-state index contributed by atoms with van der Waals surface area (Å²) in [6.07, 6.45) is 0. The van der Waals surface area contributed by atoms with Crippen molar-refractivity contribution < 1.29 is 24.2 Å². The van der Waals surface area contributed by atoms with Crippen molar-refractivity contribution in [3.63, 3.8) is 0 Å². The van der Waals surface area contributed by atoms with E-state index in [1.54, 1.807) is 0 Å². The van der Waals surface area contributed by atoms with Crippen LogP contribution in [0.15, 0.2) is 12.1 Å². The van der Waals surface area contributed by atoms with Crippen LogP contribution in [0.25, 0.3) is 0 Å². The highest BCUT2D eigenvalue weighted by molar-refractivity contribution is 6.02. The number of nitrogens with two attached hydrogens (primary N) is 1. The molecule has 0 spiro atoms. The fourth-order valence-corrected chi connectivity index (χ4v) is 0.972.